The van der Waals surface area contributed by atoms with Crippen molar-refractivity contribution in [2.24, 2.45) is 0 Å². The first-order valence-corrected chi connectivity index (χ1v) is 17.1. The van der Waals surface area contributed by atoms with Crippen LogP contribution in [0.2, 0.25) is 5.02 Å². The Morgan fingerprint density at radius 1 is 0.882 bits per heavy atom. The van der Waals surface area contributed by atoms with Gasteiger partial charge < -0.3 is 19.9 Å². The lowest BCUT2D eigenvalue weighted by atomic mass is 9.87. The van der Waals surface area contributed by atoms with Gasteiger partial charge in [-0.25, -0.2) is 4.90 Å². The zero-order valence-corrected chi connectivity index (χ0v) is 28.4. The number of nitrogens with one attached hydrogen (secondary N) is 1. The molecule has 2 N–H and O–H groups in total. The van der Waals surface area contributed by atoms with E-state index in [1.807, 2.05) is 30.3 Å². The first kappa shape index (κ1) is 32.7. The molecule has 0 spiro atoms. The summed E-state index contributed by atoms with van der Waals surface area (Å²) >= 11 is 6.09. The highest BCUT2D eigenvalue weighted by Crippen LogP contribution is 2.43. The van der Waals surface area contributed by atoms with Gasteiger partial charge in [-0.3, -0.25) is 14.4 Å². The molecule has 254 valence electrons. The molecule has 3 aliphatic rings. The van der Waals surface area contributed by atoms with E-state index in [4.69, 9.17) is 21.1 Å². The molecule has 0 saturated carbocycles. The molecule has 8 nitrogen and oxygen atoms in total. The van der Waals surface area contributed by atoms with Crippen molar-refractivity contribution in [3.63, 3.8) is 0 Å². The number of halogens is 1. The number of aliphatic hydroxyl groups excluding tert-OH is 1. The summed E-state index contributed by atoms with van der Waals surface area (Å²) in [5.74, 6) is -1.34. The van der Waals surface area contributed by atoms with Crippen molar-refractivity contribution in [2.45, 2.75) is 45.2 Å². The maximum atomic E-state index is 13.9. The molecule has 0 unspecified atom stereocenters. The first-order chi connectivity index (χ1) is 24.8. The van der Waals surface area contributed by atoms with Crippen LogP contribution in [0.3, 0.4) is 0 Å². The predicted molar refractivity (Wildman–Crippen MR) is 195 cm³/mol. The normalized spacial score (nSPS) is 17.4. The molecule has 2 atom stereocenters. The summed E-state index contributed by atoms with van der Waals surface area (Å²) in [6.45, 7) is 2.00. The first-order valence-electron chi connectivity index (χ1n) is 16.8. The minimum atomic E-state index is -0.704. The number of rotatable bonds is 8. The van der Waals surface area contributed by atoms with Gasteiger partial charge in [0.2, 0.25) is 6.29 Å². The molecule has 1 aliphatic carbocycles. The Balaban J connectivity index is 1.05. The van der Waals surface area contributed by atoms with E-state index in [2.05, 4.69) is 47.8 Å². The number of ether oxygens (including phenoxy) is 2. The third kappa shape index (κ3) is 6.12. The minimum Gasteiger partial charge on any atom is -0.459 e. The number of aliphatic hydroxyl groups is 1. The van der Waals surface area contributed by atoms with Crippen molar-refractivity contribution >= 4 is 40.7 Å². The Labute approximate surface area is 299 Å². The van der Waals surface area contributed by atoms with E-state index in [0.29, 0.717) is 33.9 Å². The number of nitrogens with zero attached hydrogens (tertiary/aromatic N) is 1. The predicted octanol–water partition coefficient (Wildman–Crippen LogP) is 8.08. The highest BCUT2D eigenvalue weighted by Gasteiger charge is 2.38. The van der Waals surface area contributed by atoms with Crippen LogP contribution >= 0.6 is 11.6 Å². The average Bonchev–Trinajstić information content (AvgIpc) is 3.64. The molecule has 0 radical (unpaired) electrons. The molecular formula is C42H33ClN2O6. The zero-order valence-electron chi connectivity index (χ0n) is 27.7. The lowest BCUT2D eigenvalue weighted by molar-refractivity contribution is -0.147. The summed E-state index contributed by atoms with van der Waals surface area (Å²) in [7, 11) is 0. The van der Waals surface area contributed by atoms with Crippen LogP contribution in [0, 0.1) is 6.92 Å². The third-order valence-corrected chi connectivity index (χ3v) is 9.99. The Kier molecular flexibility index (Phi) is 8.52. The highest BCUT2D eigenvalue weighted by molar-refractivity contribution is 6.37. The molecule has 2 aliphatic heterocycles. The number of allylic oxidation sites excluding steroid dienone is 1. The van der Waals surface area contributed by atoms with Crippen molar-refractivity contribution in [3.8, 4) is 11.1 Å². The van der Waals surface area contributed by atoms with Gasteiger partial charge in [-0.1, -0.05) is 78.3 Å². The number of imide groups is 1. The minimum absolute atomic E-state index is 0.0383. The van der Waals surface area contributed by atoms with Gasteiger partial charge in [0.25, 0.3) is 17.7 Å². The summed E-state index contributed by atoms with van der Waals surface area (Å²) < 4.78 is 12.5. The van der Waals surface area contributed by atoms with Crippen molar-refractivity contribution in [2.75, 3.05) is 10.2 Å². The molecule has 5 aromatic carbocycles. The van der Waals surface area contributed by atoms with Crippen LogP contribution in [-0.2, 0) is 33.9 Å². The number of anilines is 2. The van der Waals surface area contributed by atoms with Gasteiger partial charge >= 0.3 is 0 Å². The topological polar surface area (TPSA) is 105 Å². The number of amides is 3. The molecule has 3 amide bonds. The summed E-state index contributed by atoms with van der Waals surface area (Å²) in [6, 6.07) is 31.9. The molecule has 8 rings (SSSR count). The van der Waals surface area contributed by atoms with Gasteiger partial charge in [-0.2, -0.15) is 0 Å². The van der Waals surface area contributed by atoms with E-state index in [-0.39, 0.29) is 30.5 Å². The van der Waals surface area contributed by atoms with Crippen molar-refractivity contribution in [1.29, 1.82) is 0 Å². The maximum Gasteiger partial charge on any atom is 0.290 e. The molecule has 2 heterocycles. The fourth-order valence-electron chi connectivity index (χ4n) is 7.20. The SMILES string of the molecule is Cc1cc(NC(=O)C2=C[C@H](c3cccc4c3Cc3ccccc3-4)C[C@H](OCc3ccc(CO)cc3)O2)ccc1N1C(=O)c2ccc(Cl)cc2C1=O. The Bertz CT molecular complexity index is 2260. The van der Waals surface area contributed by atoms with Crippen LogP contribution in [0.5, 0.6) is 0 Å². The van der Waals surface area contributed by atoms with E-state index in [0.717, 1.165) is 28.0 Å². The van der Waals surface area contributed by atoms with Gasteiger partial charge in [-0.15, -0.1) is 0 Å². The molecule has 0 fully saturated rings. The summed E-state index contributed by atoms with van der Waals surface area (Å²) in [4.78, 5) is 41.4. The fourth-order valence-corrected chi connectivity index (χ4v) is 7.38. The van der Waals surface area contributed by atoms with E-state index in [1.54, 1.807) is 37.3 Å². The number of fused-ring (bicyclic) bond motifs is 4. The summed E-state index contributed by atoms with van der Waals surface area (Å²) in [6.07, 6.45) is 2.49. The van der Waals surface area contributed by atoms with E-state index >= 15 is 0 Å². The number of hydrogen-bond acceptors (Lipinski definition) is 6. The molecule has 0 saturated heterocycles. The van der Waals surface area contributed by atoms with Crippen LogP contribution in [0.1, 0.15) is 66.4 Å². The van der Waals surface area contributed by atoms with Crippen molar-refractivity contribution in [1.82, 2.24) is 0 Å². The average molecular weight is 697 g/mol. The molecule has 0 aromatic heterocycles. The van der Waals surface area contributed by atoms with Crippen molar-refractivity contribution in [3.05, 3.63) is 164 Å². The zero-order chi connectivity index (χ0) is 35.2. The number of carbonyl (C=O) groups excluding carboxylic acids is 3. The maximum absolute atomic E-state index is 13.9. The van der Waals surface area contributed by atoms with Gasteiger partial charge in [0.1, 0.15) is 0 Å². The highest BCUT2D eigenvalue weighted by atomic mass is 35.5. The second-order valence-corrected chi connectivity index (χ2v) is 13.4. The van der Waals surface area contributed by atoms with E-state index in [1.165, 1.54) is 28.3 Å². The Morgan fingerprint density at radius 2 is 1.65 bits per heavy atom. The third-order valence-electron chi connectivity index (χ3n) is 9.75. The second-order valence-electron chi connectivity index (χ2n) is 13.0. The molecular weight excluding hydrogens is 664 g/mol. The van der Waals surface area contributed by atoms with Crippen LogP contribution < -0.4 is 10.2 Å². The largest absolute Gasteiger partial charge is 0.459 e. The van der Waals surface area contributed by atoms with Crippen LogP contribution in [0.15, 0.2) is 115 Å². The molecule has 9 heteroatoms. The number of aryl methyl sites for hydroxylation is 1. The quantitative estimate of drug-likeness (QED) is 0.156. The van der Waals surface area contributed by atoms with E-state index < -0.39 is 24.0 Å². The lowest BCUT2D eigenvalue weighted by Gasteiger charge is -2.30. The van der Waals surface area contributed by atoms with Crippen molar-refractivity contribution < 1.29 is 29.0 Å². The van der Waals surface area contributed by atoms with Gasteiger partial charge in [0.15, 0.2) is 5.76 Å². The second kappa shape index (κ2) is 13.3. The van der Waals surface area contributed by atoms with Gasteiger partial charge in [0, 0.05) is 23.0 Å². The number of carbonyl (C=O) groups is 3. The standard InChI is InChI=1S/C42H33ClN2O6/c1-24-17-30(14-16-37(24)45-41(48)34-15-13-29(43)21-36(34)42(45)49)44-40(47)38-19-28(20-39(51-38)50-23-26-11-9-25(22-46)10-12-26)32-7-4-8-33-31-6-3-2-5-27(31)18-35(32)33/h2-17,19,21,28,39,46H,18,20,22-23H2,1H3,(H,44,47)/t28-,39+/m0/s1. The van der Waals surface area contributed by atoms with Gasteiger partial charge in [-0.05, 0) is 100 Å². The Morgan fingerprint density at radius 3 is 2.45 bits per heavy atom. The molecule has 51 heavy (non-hydrogen) atoms. The van der Waals surface area contributed by atoms with Crippen LogP contribution in [-0.4, -0.2) is 29.1 Å². The van der Waals surface area contributed by atoms with Crippen LogP contribution in [0.4, 0.5) is 11.4 Å². The Hall–Kier alpha value is -5.54. The lowest BCUT2D eigenvalue weighted by Crippen LogP contribution is -2.30. The fraction of sp³-hybridized carbons (Fsp3) is 0.167. The summed E-state index contributed by atoms with van der Waals surface area (Å²) in [5.41, 5.74) is 9.87. The smallest absolute Gasteiger partial charge is 0.290 e. The van der Waals surface area contributed by atoms with Gasteiger partial charge in [0.05, 0.1) is 30.0 Å². The summed E-state index contributed by atoms with van der Waals surface area (Å²) in [5, 5.41) is 12.7. The monoisotopic (exact) mass is 696 g/mol. The molecule has 5 aromatic rings. The molecule has 0 bridgehead atoms. The number of hydrogen-bond donors (Lipinski definition) is 2. The number of benzene rings is 5. The van der Waals surface area contributed by atoms with Crippen LogP contribution in [0.25, 0.3) is 11.1 Å². The van der Waals surface area contributed by atoms with E-state index in [9.17, 15) is 19.5 Å².